The Labute approximate surface area is 234 Å². The summed E-state index contributed by atoms with van der Waals surface area (Å²) in [6.45, 7) is 6.96. The molecule has 0 radical (unpaired) electrons. The molecule has 0 bridgehead atoms. The third-order valence-electron chi connectivity index (χ3n) is 8.31. The molecule has 204 valence electrons. The summed E-state index contributed by atoms with van der Waals surface area (Å²) in [5.74, 6) is 0.546. The predicted octanol–water partition coefficient (Wildman–Crippen LogP) is 4.51. The Hall–Kier alpha value is -3.04. The van der Waals surface area contributed by atoms with Gasteiger partial charge in [-0.15, -0.1) is 0 Å². The highest BCUT2D eigenvalue weighted by Crippen LogP contribution is 2.38. The van der Waals surface area contributed by atoms with Crippen molar-refractivity contribution in [2.45, 2.75) is 57.5 Å². The molecular weight excluding hydrogens is 514 g/mol. The molecule has 8 nitrogen and oxygen atoms in total. The van der Waals surface area contributed by atoms with Crippen molar-refractivity contribution in [1.82, 2.24) is 19.8 Å². The molecule has 1 fully saturated rings. The van der Waals surface area contributed by atoms with Gasteiger partial charge in [-0.05, 0) is 55.9 Å². The van der Waals surface area contributed by atoms with Crippen LogP contribution in [0.1, 0.15) is 55.2 Å². The van der Waals surface area contributed by atoms with Crippen molar-refractivity contribution in [1.29, 1.82) is 0 Å². The van der Waals surface area contributed by atoms with Gasteiger partial charge in [0.15, 0.2) is 0 Å². The van der Waals surface area contributed by atoms with E-state index in [1.54, 1.807) is 6.20 Å². The number of fused-ring (bicyclic) bond motifs is 2. The number of halogens is 1. The van der Waals surface area contributed by atoms with Crippen LogP contribution in [0.4, 0.5) is 5.95 Å². The second-order valence-corrected chi connectivity index (χ2v) is 11.5. The van der Waals surface area contributed by atoms with Crippen LogP contribution in [0.5, 0.6) is 0 Å². The largest absolute Gasteiger partial charge is 0.381 e. The monoisotopic (exact) mass is 547 g/mol. The Morgan fingerprint density at radius 2 is 1.97 bits per heavy atom. The van der Waals surface area contributed by atoms with E-state index in [4.69, 9.17) is 21.3 Å². The van der Waals surface area contributed by atoms with Gasteiger partial charge < -0.3 is 20.1 Å². The summed E-state index contributed by atoms with van der Waals surface area (Å²) < 4.78 is 5.44. The van der Waals surface area contributed by atoms with E-state index in [-0.39, 0.29) is 18.5 Å². The standard InChI is InChI=1S/C30H34ClN5O3/c1-30(2)24-6-4-3-5-19(24)9-12-36(30)26(37)18-35-17-21-8-7-20(15-23(21)28(35)38)27-25(31)16-32-29(34-27)33-22-10-13-39-14-11-22/h3-8,15-16,22,28,38H,9-14,17-18H2,1-2H3,(H,32,33,34). The van der Waals surface area contributed by atoms with Crippen LogP contribution >= 0.6 is 11.6 Å². The number of aliphatic hydroxyl groups excluding tert-OH is 1. The van der Waals surface area contributed by atoms with Crippen LogP contribution in [-0.2, 0) is 28.0 Å². The second kappa shape index (κ2) is 10.5. The van der Waals surface area contributed by atoms with Gasteiger partial charge in [-0.25, -0.2) is 9.97 Å². The number of amides is 1. The van der Waals surface area contributed by atoms with Crippen molar-refractivity contribution in [2.24, 2.45) is 0 Å². The number of carbonyl (C=O) groups excluding carboxylic acids is 1. The summed E-state index contributed by atoms with van der Waals surface area (Å²) in [6, 6.07) is 14.5. The molecule has 2 aromatic carbocycles. The van der Waals surface area contributed by atoms with Crippen LogP contribution in [0.15, 0.2) is 48.7 Å². The molecular formula is C30H34ClN5O3. The average Bonchev–Trinajstić information content (AvgIpc) is 3.24. The van der Waals surface area contributed by atoms with Crippen LogP contribution < -0.4 is 5.32 Å². The van der Waals surface area contributed by atoms with E-state index in [0.29, 0.717) is 29.8 Å². The molecule has 4 heterocycles. The Kier molecular flexibility index (Phi) is 7.05. The molecule has 0 spiro atoms. The first kappa shape index (κ1) is 26.2. The van der Waals surface area contributed by atoms with E-state index >= 15 is 0 Å². The number of hydrogen-bond acceptors (Lipinski definition) is 7. The number of benzene rings is 2. The van der Waals surface area contributed by atoms with Crippen molar-refractivity contribution in [2.75, 3.05) is 31.6 Å². The van der Waals surface area contributed by atoms with E-state index in [9.17, 15) is 9.90 Å². The van der Waals surface area contributed by atoms with E-state index in [1.165, 1.54) is 11.1 Å². The fraction of sp³-hybridized carbons (Fsp3) is 0.433. The Balaban J connectivity index is 1.18. The number of nitrogens with zero attached hydrogens (tertiary/aromatic N) is 4. The lowest BCUT2D eigenvalue weighted by Gasteiger charge is -2.44. The van der Waals surface area contributed by atoms with Crippen LogP contribution in [-0.4, -0.2) is 63.1 Å². The van der Waals surface area contributed by atoms with E-state index < -0.39 is 11.8 Å². The molecule has 1 aromatic heterocycles. The number of nitrogens with one attached hydrogen (secondary N) is 1. The number of rotatable bonds is 5. The maximum atomic E-state index is 13.5. The maximum Gasteiger partial charge on any atom is 0.237 e. The van der Waals surface area contributed by atoms with Crippen LogP contribution in [0.3, 0.4) is 0 Å². The molecule has 2 N–H and O–H groups in total. The molecule has 0 aliphatic carbocycles. The molecule has 39 heavy (non-hydrogen) atoms. The molecule has 3 aromatic rings. The van der Waals surface area contributed by atoms with E-state index in [1.807, 2.05) is 34.1 Å². The van der Waals surface area contributed by atoms with Gasteiger partial charge in [-0.2, -0.15) is 0 Å². The third-order valence-corrected chi connectivity index (χ3v) is 8.59. The number of carbonyl (C=O) groups is 1. The highest BCUT2D eigenvalue weighted by atomic mass is 35.5. The average molecular weight is 548 g/mol. The lowest BCUT2D eigenvalue weighted by molar-refractivity contribution is -0.141. The highest BCUT2D eigenvalue weighted by Gasteiger charge is 2.39. The minimum Gasteiger partial charge on any atom is -0.381 e. The van der Waals surface area contributed by atoms with E-state index in [2.05, 4.69) is 42.3 Å². The van der Waals surface area contributed by atoms with Gasteiger partial charge in [0.25, 0.3) is 0 Å². The summed E-state index contributed by atoms with van der Waals surface area (Å²) in [7, 11) is 0. The zero-order valence-corrected chi connectivity index (χ0v) is 23.1. The highest BCUT2D eigenvalue weighted by molar-refractivity contribution is 6.32. The first-order valence-corrected chi connectivity index (χ1v) is 14.0. The quantitative estimate of drug-likeness (QED) is 0.485. The molecule has 1 saturated heterocycles. The topological polar surface area (TPSA) is 90.8 Å². The Morgan fingerprint density at radius 3 is 2.79 bits per heavy atom. The van der Waals surface area contributed by atoms with Gasteiger partial charge in [0.2, 0.25) is 11.9 Å². The summed E-state index contributed by atoms with van der Waals surface area (Å²) in [4.78, 5) is 26.4. The Bertz CT molecular complexity index is 1390. The second-order valence-electron chi connectivity index (χ2n) is 11.1. The number of ether oxygens (including phenoxy) is 1. The minimum absolute atomic E-state index is 0.0178. The summed E-state index contributed by atoms with van der Waals surface area (Å²) >= 11 is 6.51. The SMILES string of the molecule is CC1(C)c2ccccc2CCN1C(=O)CN1Cc2ccc(-c3nc(NC4CCOCC4)ncc3Cl)cc2C1O. The van der Waals surface area contributed by atoms with Crippen LogP contribution in [0.25, 0.3) is 11.3 Å². The maximum absolute atomic E-state index is 13.5. The molecule has 3 aliphatic heterocycles. The molecule has 0 saturated carbocycles. The van der Waals surface area contributed by atoms with Gasteiger partial charge in [0, 0.05) is 43.5 Å². The first-order valence-electron chi connectivity index (χ1n) is 13.6. The summed E-state index contributed by atoms with van der Waals surface area (Å²) in [5, 5.41) is 15.1. The molecule has 9 heteroatoms. The fourth-order valence-electron chi connectivity index (χ4n) is 6.12. The van der Waals surface area contributed by atoms with Crippen molar-refractivity contribution in [3.8, 4) is 11.3 Å². The normalized spacial score (nSPS) is 20.9. The van der Waals surface area contributed by atoms with Gasteiger partial charge >= 0.3 is 0 Å². The van der Waals surface area contributed by atoms with Gasteiger partial charge in [0.1, 0.15) is 6.23 Å². The van der Waals surface area contributed by atoms with Crippen LogP contribution in [0.2, 0.25) is 5.02 Å². The first-order chi connectivity index (χ1) is 18.8. The zero-order chi connectivity index (χ0) is 27.1. The summed E-state index contributed by atoms with van der Waals surface area (Å²) in [5.41, 5.74) is 5.26. The van der Waals surface area contributed by atoms with Crippen LogP contribution in [0, 0.1) is 0 Å². The van der Waals surface area contributed by atoms with Gasteiger partial charge in [-0.1, -0.05) is 48.0 Å². The number of hydrogen-bond donors (Lipinski definition) is 2. The third kappa shape index (κ3) is 5.02. The van der Waals surface area contributed by atoms with Crippen molar-refractivity contribution in [3.63, 3.8) is 0 Å². The smallest absolute Gasteiger partial charge is 0.237 e. The van der Waals surface area contributed by atoms with Crippen molar-refractivity contribution < 1.29 is 14.6 Å². The van der Waals surface area contributed by atoms with E-state index in [0.717, 1.165) is 49.2 Å². The number of aromatic nitrogens is 2. The van der Waals surface area contributed by atoms with Gasteiger partial charge in [0.05, 0.1) is 29.0 Å². The molecule has 3 aliphatic rings. The van der Waals surface area contributed by atoms with Crippen molar-refractivity contribution >= 4 is 23.5 Å². The zero-order valence-electron chi connectivity index (χ0n) is 22.4. The molecule has 6 rings (SSSR count). The predicted molar refractivity (Wildman–Crippen MR) is 150 cm³/mol. The number of anilines is 1. The van der Waals surface area contributed by atoms with Crippen molar-refractivity contribution in [3.05, 3.63) is 75.9 Å². The lowest BCUT2D eigenvalue weighted by atomic mass is 9.83. The fourth-order valence-corrected chi connectivity index (χ4v) is 6.32. The minimum atomic E-state index is -0.885. The Morgan fingerprint density at radius 1 is 1.18 bits per heavy atom. The molecule has 1 atom stereocenters. The lowest BCUT2D eigenvalue weighted by Crippen LogP contribution is -2.52. The van der Waals surface area contributed by atoms with Gasteiger partial charge in [-0.3, -0.25) is 9.69 Å². The summed E-state index contributed by atoms with van der Waals surface area (Å²) in [6.07, 6.45) is 3.37. The number of aliphatic hydroxyl groups is 1. The molecule has 1 amide bonds. The molecule has 1 unspecified atom stereocenters.